The molecule has 0 bridgehead atoms. The van der Waals surface area contributed by atoms with E-state index in [0.29, 0.717) is 59.1 Å². The van der Waals surface area contributed by atoms with Gasteiger partial charge in [0.25, 0.3) is 5.91 Å². The van der Waals surface area contributed by atoms with Crippen molar-refractivity contribution < 1.29 is 23.9 Å². The minimum absolute atomic E-state index is 0.0169. The highest BCUT2D eigenvalue weighted by atomic mass is 35.5. The molecule has 33 heavy (non-hydrogen) atoms. The van der Waals surface area contributed by atoms with Gasteiger partial charge in [-0.3, -0.25) is 14.4 Å². The number of piperidine rings is 1. The van der Waals surface area contributed by atoms with Crippen LogP contribution in [0.4, 0.5) is 0 Å². The fourth-order valence-corrected chi connectivity index (χ4v) is 5.35. The van der Waals surface area contributed by atoms with Crippen molar-refractivity contribution >= 4 is 29.1 Å². The first-order valence-electron chi connectivity index (χ1n) is 11.2. The van der Waals surface area contributed by atoms with Gasteiger partial charge in [-0.1, -0.05) is 11.6 Å². The summed E-state index contributed by atoms with van der Waals surface area (Å²) < 4.78 is 12.3. The largest absolute Gasteiger partial charge is 0.487 e. The second kappa shape index (κ2) is 7.59. The normalized spacial score (nSPS) is 20.5. The maximum atomic E-state index is 13.2. The minimum Gasteiger partial charge on any atom is -0.487 e. The van der Waals surface area contributed by atoms with Gasteiger partial charge in [-0.2, -0.15) is 0 Å². The number of hydrogen-bond acceptors (Lipinski definition) is 5. The Morgan fingerprint density at radius 1 is 0.970 bits per heavy atom. The smallest absolute Gasteiger partial charge is 0.253 e. The molecule has 172 valence electrons. The monoisotopic (exact) mass is 467 g/mol. The zero-order chi connectivity index (χ0) is 23.5. The minimum atomic E-state index is -0.606. The van der Waals surface area contributed by atoms with Gasteiger partial charge in [0.15, 0.2) is 11.6 Å². The van der Waals surface area contributed by atoms with Crippen LogP contribution in [0.15, 0.2) is 30.3 Å². The molecule has 0 radical (unpaired) electrons. The van der Waals surface area contributed by atoms with Crippen LogP contribution < -0.4 is 9.47 Å². The van der Waals surface area contributed by atoms with Gasteiger partial charge in [0.05, 0.1) is 24.0 Å². The number of halogens is 1. The van der Waals surface area contributed by atoms with E-state index in [0.717, 1.165) is 5.56 Å². The van der Waals surface area contributed by atoms with Crippen molar-refractivity contribution in [3.05, 3.63) is 57.6 Å². The highest BCUT2D eigenvalue weighted by Gasteiger charge is 2.44. The number of carbonyl (C=O) groups is 3. The van der Waals surface area contributed by atoms with Crippen LogP contribution in [0, 0.1) is 6.92 Å². The Morgan fingerprint density at radius 2 is 1.67 bits per heavy atom. The first-order chi connectivity index (χ1) is 15.6. The first-order valence-corrected chi connectivity index (χ1v) is 11.6. The number of ketones is 2. The second-order valence-corrected chi connectivity index (χ2v) is 10.4. The van der Waals surface area contributed by atoms with Crippen LogP contribution in [0.25, 0.3) is 0 Å². The second-order valence-electron chi connectivity index (χ2n) is 9.95. The number of Topliss-reactive ketones (excluding diaryl/α,β-unsaturated/α-hetero) is 2. The molecule has 7 heteroatoms. The number of rotatable bonds is 1. The number of carbonyl (C=O) groups excluding carboxylic acids is 3. The molecular formula is C26H26ClNO5. The molecule has 0 aromatic heterocycles. The highest BCUT2D eigenvalue weighted by Crippen LogP contribution is 2.42. The van der Waals surface area contributed by atoms with Crippen LogP contribution in [0.3, 0.4) is 0 Å². The van der Waals surface area contributed by atoms with E-state index in [1.165, 1.54) is 0 Å². The third-order valence-corrected chi connectivity index (χ3v) is 7.02. The molecule has 0 aliphatic carbocycles. The molecule has 1 fully saturated rings. The molecule has 0 saturated carbocycles. The van der Waals surface area contributed by atoms with Crippen LogP contribution >= 0.6 is 11.6 Å². The van der Waals surface area contributed by atoms with Crippen LogP contribution in [0.2, 0.25) is 5.02 Å². The lowest BCUT2D eigenvalue weighted by Gasteiger charge is -2.44. The van der Waals surface area contributed by atoms with E-state index in [1.54, 1.807) is 35.2 Å². The van der Waals surface area contributed by atoms with Gasteiger partial charge in [0, 0.05) is 36.5 Å². The highest BCUT2D eigenvalue weighted by molar-refractivity contribution is 6.31. The fourth-order valence-electron chi connectivity index (χ4n) is 5.08. The summed E-state index contributed by atoms with van der Waals surface area (Å²) in [4.78, 5) is 40.4. The molecule has 0 unspecified atom stereocenters. The van der Waals surface area contributed by atoms with Crippen LogP contribution in [-0.2, 0) is 0 Å². The van der Waals surface area contributed by atoms with Gasteiger partial charge < -0.3 is 14.4 Å². The summed E-state index contributed by atoms with van der Waals surface area (Å²) in [5, 5.41) is 0.525. The molecule has 1 spiro atoms. The van der Waals surface area contributed by atoms with Crippen LogP contribution in [0.1, 0.15) is 76.2 Å². The van der Waals surface area contributed by atoms with Gasteiger partial charge in [-0.25, -0.2) is 0 Å². The fraction of sp³-hybridized carbons (Fsp3) is 0.423. The van der Waals surface area contributed by atoms with E-state index >= 15 is 0 Å². The van der Waals surface area contributed by atoms with Crippen molar-refractivity contribution in [3.8, 4) is 11.5 Å². The first kappa shape index (κ1) is 22.0. The molecule has 6 nitrogen and oxygen atoms in total. The Balaban J connectivity index is 1.32. The van der Waals surface area contributed by atoms with E-state index in [2.05, 4.69) is 0 Å². The number of aryl methyl sites for hydroxylation is 1. The van der Waals surface area contributed by atoms with Gasteiger partial charge in [-0.05, 0) is 56.7 Å². The van der Waals surface area contributed by atoms with E-state index in [9.17, 15) is 14.4 Å². The third-order valence-electron chi connectivity index (χ3n) is 6.80. The van der Waals surface area contributed by atoms with Gasteiger partial charge in [0.1, 0.15) is 22.7 Å². The predicted molar refractivity (Wildman–Crippen MR) is 124 cm³/mol. The van der Waals surface area contributed by atoms with E-state index < -0.39 is 11.2 Å². The molecule has 5 rings (SSSR count). The van der Waals surface area contributed by atoms with Crippen molar-refractivity contribution in [2.24, 2.45) is 0 Å². The summed E-state index contributed by atoms with van der Waals surface area (Å²) in [5.41, 5.74) is 1.15. The Kier molecular flexibility index (Phi) is 5.05. The van der Waals surface area contributed by atoms with Crippen molar-refractivity contribution in [1.82, 2.24) is 4.90 Å². The van der Waals surface area contributed by atoms with Crippen molar-refractivity contribution in [2.45, 2.75) is 57.7 Å². The summed E-state index contributed by atoms with van der Waals surface area (Å²) >= 11 is 6.12. The maximum absolute atomic E-state index is 13.2. The lowest BCUT2D eigenvalue weighted by Crippen LogP contribution is -2.52. The molecule has 1 saturated heterocycles. The molecule has 3 heterocycles. The standard InChI is InChI=1S/C26H26ClNO5/c1-15-10-17(27)12-19-21(30)14-26(33-23(15)19)6-8-28(9-7-26)24(31)16-4-5-22-18(11-16)20(29)13-25(2,3)32-22/h4-5,10-12H,6-9,13-14H2,1-3H3. The van der Waals surface area contributed by atoms with Gasteiger partial charge >= 0.3 is 0 Å². The van der Waals surface area contributed by atoms with E-state index in [1.807, 2.05) is 20.8 Å². The molecule has 1 amide bonds. The summed E-state index contributed by atoms with van der Waals surface area (Å²) in [6.45, 7) is 6.59. The predicted octanol–water partition coefficient (Wildman–Crippen LogP) is 5.03. The molecule has 0 N–H and O–H groups in total. The molecule has 2 aromatic rings. The Hall–Kier alpha value is -2.86. The quantitative estimate of drug-likeness (QED) is 0.588. The average Bonchev–Trinajstić information content (AvgIpc) is 2.74. The number of fused-ring (bicyclic) bond motifs is 2. The van der Waals surface area contributed by atoms with Crippen molar-refractivity contribution in [3.63, 3.8) is 0 Å². The van der Waals surface area contributed by atoms with Crippen LogP contribution in [0.5, 0.6) is 11.5 Å². The average molecular weight is 468 g/mol. The van der Waals surface area contributed by atoms with Crippen LogP contribution in [-0.4, -0.2) is 46.7 Å². The summed E-state index contributed by atoms with van der Waals surface area (Å²) in [6, 6.07) is 8.53. The number of amides is 1. The van der Waals surface area contributed by atoms with Crippen molar-refractivity contribution in [1.29, 1.82) is 0 Å². The van der Waals surface area contributed by atoms with E-state index in [4.69, 9.17) is 21.1 Å². The topological polar surface area (TPSA) is 72.9 Å². The molecular weight excluding hydrogens is 442 g/mol. The lowest BCUT2D eigenvalue weighted by atomic mass is 9.82. The van der Waals surface area contributed by atoms with Crippen molar-refractivity contribution in [2.75, 3.05) is 13.1 Å². The zero-order valence-electron chi connectivity index (χ0n) is 19.0. The third kappa shape index (κ3) is 3.90. The zero-order valence-corrected chi connectivity index (χ0v) is 19.8. The lowest BCUT2D eigenvalue weighted by molar-refractivity contribution is -0.00617. The maximum Gasteiger partial charge on any atom is 0.253 e. The number of likely N-dealkylation sites (tertiary alicyclic amines) is 1. The molecule has 3 aliphatic heterocycles. The number of hydrogen-bond donors (Lipinski definition) is 0. The van der Waals surface area contributed by atoms with E-state index in [-0.39, 0.29) is 30.3 Å². The summed E-state index contributed by atoms with van der Waals surface area (Å²) in [5.74, 6) is 1.01. The molecule has 0 atom stereocenters. The SMILES string of the molecule is Cc1cc(Cl)cc2c1OC1(CCN(C(=O)c3ccc4c(c3)C(=O)CC(C)(C)O4)CC1)CC2=O. The molecule has 3 aliphatic rings. The molecule has 2 aromatic carbocycles. The number of ether oxygens (including phenoxy) is 2. The Labute approximate surface area is 197 Å². The Bertz CT molecular complexity index is 1190. The van der Waals surface area contributed by atoms with Gasteiger partial charge in [0.2, 0.25) is 0 Å². The summed E-state index contributed by atoms with van der Waals surface area (Å²) in [6.07, 6.45) is 1.68. The number of benzene rings is 2. The van der Waals surface area contributed by atoms with Gasteiger partial charge in [-0.15, -0.1) is 0 Å². The summed E-state index contributed by atoms with van der Waals surface area (Å²) in [7, 11) is 0. The Morgan fingerprint density at radius 3 is 2.39 bits per heavy atom. The number of nitrogens with zero attached hydrogens (tertiary/aromatic N) is 1.